The van der Waals surface area contributed by atoms with Gasteiger partial charge in [-0.1, -0.05) is 30.3 Å². The van der Waals surface area contributed by atoms with Crippen LogP contribution in [0.2, 0.25) is 0 Å². The second-order valence-corrected chi connectivity index (χ2v) is 4.22. The summed E-state index contributed by atoms with van der Waals surface area (Å²) < 4.78 is 1.65. The van der Waals surface area contributed by atoms with E-state index in [4.69, 9.17) is 0 Å². The first-order valence-electron chi connectivity index (χ1n) is 6.08. The van der Waals surface area contributed by atoms with Gasteiger partial charge in [-0.3, -0.25) is 5.43 Å². The standard InChI is InChI=1S/C15H11N5/c16-9-13-6-7-14(19-20-10-17-18-11-20)8-15(13)12-4-2-1-3-5-12/h1-8,10-11,19H. The molecule has 0 unspecified atom stereocenters. The van der Waals surface area contributed by atoms with Gasteiger partial charge in [0.15, 0.2) is 0 Å². The number of nitrogens with one attached hydrogen (secondary N) is 1. The highest BCUT2D eigenvalue weighted by molar-refractivity contribution is 5.74. The van der Waals surface area contributed by atoms with E-state index >= 15 is 0 Å². The fraction of sp³-hybridized carbons (Fsp3) is 0. The molecule has 0 fully saturated rings. The van der Waals surface area contributed by atoms with E-state index in [1.54, 1.807) is 23.4 Å². The summed E-state index contributed by atoms with van der Waals surface area (Å²) in [5, 5.41) is 16.7. The summed E-state index contributed by atoms with van der Waals surface area (Å²) in [5.74, 6) is 0. The van der Waals surface area contributed by atoms with E-state index in [1.165, 1.54) is 0 Å². The molecule has 1 N–H and O–H groups in total. The smallest absolute Gasteiger partial charge is 0.139 e. The van der Waals surface area contributed by atoms with E-state index in [2.05, 4.69) is 21.7 Å². The number of benzene rings is 2. The van der Waals surface area contributed by atoms with E-state index in [0.29, 0.717) is 5.56 Å². The van der Waals surface area contributed by atoms with Crippen LogP contribution >= 0.6 is 0 Å². The molecule has 3 rings (SSSR count). The van der Waals surface area contributed by atoms with Crippen LogP contribution in [-0.2, 0) is 0 Å². The van der Waals surface area contributed by atoms with Gasteiger partial charge in [0.1, 0.15) is 12.7 Å². The Balaban J connectivity index is 2.02. The minimum atomic E-state index is 0.644. The van der Waals surface area contributed by atoms with Crippen LogP contribution in [0.5, 0.6) is 0 Å². The summed E-state index contributed by atoms with van der Waals surface area (Å²) in [6.07, 6.45) is 3.14. The van der Waals surface area contributed by atoms with Crippen LogP contribution in [0.4, 0.5) is 5.69 Å². The van der Waals surface area contributed by atoms with Gasteiger partial charge in [0.05, 0.1) is 17.3 Å². The Morgan fingerprint density at radius 3 is 2.45 bits per heavy atom. The van der Waals surface area contributed by atoms with Crippen LogP contribution < -0.4 is 5.43 Å². The molecule has 5 nitrogen and oxygen atoms in total. The van der Waals surface area contributed by atoms with Crippen molar-refractivity contribution in [1.29, 1.82) is 5.26 Å². The van der Waals surface area contributed by atoms with Crippen LogP contribution in [0.15, 0.2) is 61.2 Å². The highest BCUT2D eigenvalue weighted by Gasteiger charge is 2.06. The molecule has 0 spiro atoms. The lowest BCUT2D eigenvalue weighted by molar-refractivity contribution is 0.952. The number of rotatable bonds is 3. The molecular weight excluding hydrogens is 250 g/mol. The highest BCUT2D eigenvalue weighted by Crippen LogP contribution is 2.26. The summed E-state index contributed by atoms with van der Waals surface area (Å²) in [4.78, 5) is 0. The van der Waals surface area contributed by atoms with Gasteiger partial charge in [0, 0.05) is 5.56 Å². The lowest BCUT2D eigenvalue weighted by Gasteiger charge is -2.10. The number of nitriles is 1. The molecule has 1 aromatic heterocycles. The fourth-order valence-corrected chi connectivity index (χ4v) is 1.98. The zero-order valence-electron chi connectivity index (χ0n) is 10.6. The van der Waals surface area contributed by atoms with E-state index in [-0.39, 0.29) is 0 Å². The fourth-order valence-electron chi connectivity index (χ4n) is 1.98. The summed E-state index contributed by atoms with van der Waals surface area (Å²) in [6.45, 7) is 0. The molecule has 2 aromatic carbocycles. The third-order valence-corrected chi connectivity index (χ3v) is 2.90. The molecule has 0 amide bonds. The minimum absolute atomic E-state index is 0.644. The summed E-state index contributed by atoms with van der Waals surface area (Å²) in [5.41, 5.74) is 6.54. The molecule has 20 heavy (non-hydrogen) atoms. The topological polar surface area (TPSA) is 66.5 Å². The van der Waals surface area contributed by atoms with Crippen LogP contribution in [0.3, 0.4) is 0 Å². The molecular formula is C15H11N5. The third-order valence-electron chi connectivity index (χ3n) is 2.90. The van der Waals surface area contributed by atoms with Crippen LogP contribution in [0, 0.1) is 11.3 Å². The first-order valence-corrected chi connectivity index (χ1v) is 6.08. The average molecular weight is 261 g/mol. The largest absolute Gasteiger partial charge is 0.292 e. The molecule has 0 saturated heterocycles. The van der Waals surface area contributed by atoms with Crippen molar-refractivity contribution >= 4 is 5.69 Å². The van der Waals surface area contributed by atoms with Gasteiger partial charge in [-0.05, 0) is 23.8 Å². The molecule has 0 aliphatic heterocycles. The number of nitrogens with zero attached hydrogens (tertiary/aromatic N) is 4. The van der Waals surface area contributed by atoms with E-state index in [9.17, 15) is 5.26 Å². The molecule has 0 bridgehead atoms. The number of hydrogen-bond donors (Lipinski definition) is 1. The molecule has 0 aliphatic rings. The first kappa shape index (κ1) is 11.9. The number of anilines is 1. The van der Waals surface area contributed by atoms with Crippen molar-refractivity contribution in [3.8, 4) is 17.2 Å². The number of hydrogen-bond acceptors (Lipinski definition) is 4. The van der Waals surface area contributed by atoms with Crippen LogP contribution in [0.1, 0.15) is 5.56 Å². The second kappa shape index (κ2) is 5.24. The molecule has 3 aromatic rings. The van der Waals surface area contributed by atoms with E-state index in [0.717, 1.165) is 16.8 Å². The van der Waals surface area contributed by atoms with E-state index < -0.39 is 0 Å². The maximum absolute atomic E-state index is 9.23. The van der Waals surface area contributed by atoms with Crippen molar-refractivity contribution in [2.24, 2.45) is 0 Å². The van der Waals surface area contributed by atoms with Crippen LogP contribution in [0.25, 0.3) is 11.1 Å². The van der Waals surface area contributed by atoms with Gasteiger partial charge in [-0.15, -0.1) is 10.2 Å². The molecule has 0 radical (unpaired) electrons. The molecule has 1 heterocycles. The maximum Gasteiger partial charge on any atom is 0.139 e. The second-order valence-electron chi connectivity index (χ2n) is 4.22. The third kappa shape index (κ3) is 2.35. The Labute approximate surface area is 116 Å². The first-order chi connectivity index (χ1) is 9.86. The van der Waals surface area contributed by atoms with Gasteiger partial charge >= 0.3 is 0 Å². The van der Waals surface area contributed by atoms with Crippen molar-refractivity contribution in [3.05, 3.63) is 66.7 Å². The Hall–Kier alpha value is -3.13. The van der Waals surface area contributed by atoms with Crippen molar-refractivity contribution in [2.45, 2.75) is 0 Å². The zero-order valence-corrected chi connectivity index (χ0v) is 10.6. The predicted molar refractivity (Wildman–Crippen MR) is 75.6 cm³/mol. The number of aromatic nitrogens is 3. The van der Waals surface area contributed by atoms with Gasteiger partial charge < -0.3 is 0 Å². The summed E-state index contributed by atoms with van der Waals surface area (Å²) >= 11 is 0. The van der Waals surface area contributed by atoms with Gasteiger partial charge in [0.25, 0.3) is 0 Å². The van der Waals surface area contributed by atoms with Gasteiger partial charge in [0.2, 0.25) is 0 Å². The molecule has 5 heteroatoms. The predicted octanol–water partition coefficient (Wildman–Crippen LogP) is 2.69. The lowest BCUT2D eigenvalue weighted by atomic mass is 10.00. The van der Waals surface area contributed by atoms with Crippen molar-refractivity contribution in [3.63, 3.8) is 0 Å². The Morgan fingerprint density at radius 1 is 1.00 bits per heavy atom. The summed E-state index contributed by atoms with van der Waals surface area (Å²) in [7, 11) is 0. The normalized spacial score (nSPS) is 9.95. The van der Waals surface area contributed by atoms with Crippen molar-refractivity contribution in [2.75, 3.05) is 5.43 Å². The Morgan fingerprint density at radius 2 is 1.75 bits per heavy atom. The zero-order chi connectivity index (χ0) is 13.8. The van der Waals surface area contributed by atoms with E-state index in [1.807, 2.05) is 42.5 Å². The van der Waals surface area contributed by atoms with Gasteiger partial charge in [-0.2, -0.15) is 5.26 Å². The van der Waals surface area contributed by atoms with Crippen molar-refractivity contribution < 1.29 is 0 Å². The van der Waals surface area contributed by atoms with Gasteiger partial charge in [-0.25, -0.2) is 4.68 Å². The van der Waals surface area contributed by atoms with Crippen molar-refractivity contribution in [1.82, 2.24) is 14.9 Å². The van der Waals surface area contributed by atoms with Crippen LogP contribution in [-0.4, -0.2) is 14.9 Å². The highest BCUT2D eigenvalue weighted by atomic mass is 15.5. The molecule has 96 valence electrons. The maximum atomic E-state index is 9.23. The average Bonchev–Trinajstić information content (AvgIpc) is 3.01. The Bertz CT molecular complexity index is 742. The molecule has 0 aliphatic carbocycles. The quantitative estimate of drug-likeness (QED) is 0.787. The Kier molecular flexibility index (Phi) is 3.13. The summed E-state index contributed by atoms with van der Waals surface area (Å²) in [6, 6.07) is 17.6. The SMILES string of the molecule is N#Cc1ccc(Nn2cnnc2)cc1-c1ccccc1. The lowest BCUT2D eigenvalue weighted by Crippen LogP contribution is -2.06. The minimum Gasteiger partial charge on any atom is -0.292 e. The molecule has 0 atom stereocenters. The molecule has 0 saturated carbocycles. The monoisotopic (exact) mass is 261 g/mol.